The van der Waals surface area contributed by atoms with Crippen molar-refractivity contribution in [3.8, 4) is 0 Å². The third-order valence-electron chi connectivity index (χ3n) is 3.06. The fourth-order valence-electron chi connectivity index (χ4n) is 1.10. The van der Waals surface area contributed by atoms with Crippen LogP contribution in [0.15, 0.2) is 0 Å². The molecule has 0 rings (SSSR count). The minimum Gasteiger partial charge on any atom is -0.480 e. The van der Waals surface area contributed by atoms with Gasteiger partial charge in [-0.3, -0.25) is 0 Å². The second-order valence-corrected chi connectivity index (χ2v) is 5.42. The first kappa shape index (κ1) is 15.7. The van der Waals surface area contributed by atoms with Gasteiger partial charge in [-0.05, 0) is 17.8 Å². The highest BCUT2D eigenvalue weighted by Gasteiger charge is 2.21. The Bertz CT molecular complexity index is 271. The summed E-state index contributed by atoms with van der Waals surface area (Å²) in [5.74, 6) is -0.690. The van der Waals surface area contributed by atoms with Gasteiger partial charge in [0.2, 0.25) is 0 Å². The van der Waals surface area contributed by atoms with Crippen LogP contribution in [0.25, 0.3) is 0 Å². The Morgan fingerprint density at radius 2 is 1.82 bits per heavy atom. The number of nitrogens with one attached hydrogen (secondary N) is 2. The number of hydrogen-bond acceptors (Lipinski definition) is 2. The molecule has 1 unspecified atom stereocenters. The second kappa shape index (κ2) is 6.47. The third kappa shape index (κ3) is 6.14. The van der Waals surface area contributed by atoms with Gasteiger partial charge in [0.1, 0.15) is 6.04 Å². The molecule has 0 aromatic rings. The van der Waals surface area contributed by atoms with Gasteiger partial charge in [-0.25, -0.2) is 9.59 Å². The van der Waals surface area contributed by atoms with Crippen molar-refractivity contribution in [2.75, 3.05) is 6.54 Å². The zero-order valence-electron chi connectivity index (χ0n) is 11.3. The van der Waals surface area contributed by atoms with Crippen molar-refractivity contribution in [3.63, 3.8) is 0 Å². The number of carboxylic acid groups (broad SMARTS) is 1. The van der Waals surface area contributed by atoms with E-state index in [0.29, 0.717) is 18.9 Å². The number of aliphatic carboxylic acids is 1. The van der Waals surface area contributed by atoms with Gasteiger partial charge in [0.05, 0.1) is 0 Å². The highest BCUT2D eigenvalue weighted by atomic mass is 16.4. The van der Waals surface area contributed by atoms with Crippen LogP contribution in [0, 0.1) is 11.3 Å². The molecular formula is C12H24N2O3. The van der Waals surface area contributed by atoms with Gasteiger partial charge >= 0.3 is 12.0 Å². The van der Waals surface area contributed by atoms with Crippen molar-refractivity contribution >= 4 is 12.0 Å². The highest BCUT2D eigenvalue weighted by molar-refractivity contribution is 5.82. The zero-order valence-corrected chi connectivity index (χ0v) is 11.3. The molecule has 2 amide bonds. The average Bonchev–Trinajstić information content (AvgIpc) is 2.20. The van der Waals surface area contributed by atoms with Crippen LogP contribution in [0.5, 0.6) is 0 Å². The maximum atomic E-state index is 11.5. The smallest absolute Gasteiger partial charge is 0.326 e. The number of urea groups is 1. The van der Waals surface area contributed by atoms with Crippen LogP contribution in [-0.4, -0.2) is 29.7 Å². The molecule has 0 bridgehead atoms. The van der Waals surface area contributed by atoms with Crippen molar-refractivity contribution in [1.29, 1.82) is 0 Å². The lowest BCUT2D eigenvalue weighted by atomic mass is 9.82. The van der Waals surface area contributed by atoms with E-state index in [-0.39, 0.29) is 5.41 Å². The minimum atomic E-state index is -1.01. The maximum absolute atomic E-state index is 11.5. The molecule has 100 valence electrons. The first-order valence-electron chi connectivity index (χ1n) is 5.95. The van der Waals surface area contributed by atoms with Crippen molar-refractivity contribution in [2.45, 2.75) is 47.1 Å². The van der Waals surface area contributed by atoms with Crippen molar-refractivity contribution in [2.24, 2.45) is 11.3 Å². The van der Waals surface area contributed by atoms with Crippen LogP contribution >= 0.6 is 0 Å². The molecule has 0 heterocycles. The monoisotopic (exact) mass is 244 g/mol. The number of hydrogen-bond donors (Lipinski definition) is 3. The van der Waals surface area contributed by atoms with Crippen LogP contribution in [0.3, 0.4) is 0 Å². The molecule has 0 spiro atoms. The molecule has 2 atom stereocenters. The van der Waals surface area contributed by atoms with Gasteiger partial charge in [0.25, 0.3) is 0 Å². The summed E-state index contributed by atoms with van der Waals surface area (Å²) in [7, 11) is 0. The Kier molecular flexibility index (Phi) is 5.99. The molecule has 0 saturated heterocycles. The summed E-state index contributed by atoms with van der Waals surface area (Å²) in [5, 5.41) is 13.9. The number of rotatable bonds is 5. The summed E-state index contributed by atoms with van der Waals surface area (Å²) in [6.45, 7) is 10.6. The molecule has 0 saturated carbocycles. The molecular weight excluding hydrogens is 220 g/mol. The second-order valence-electron chi connectivity index (χ2n) is 5.42. The quantitative estimate of drug-likeness (QED) is 0.690. The van der Waals surface area contributed by atoms with E-state index in [0.717, 1.165) is 0 Å². The number of carboxylic acids is 1. The maximum Gasteiger partial charge on any atom is 0.326 e. The van der Waals surface area contributed by atoms with E-state index >= 15 is 0 Å². The summed E-state index contributed by atoms with van der Waals surface area (Å²) in [6, 6.07) is -1.24. The predicted octanol–water partition coefficient (Wildman–Crippen LogP) is 1.83. The lowest BCUT2D eigenvalue weighted by Crippen LogP contribution is -2.47. The van der Waals surface area contributed by atoms with Crippen LogP contribution in [0.2, 0.25) is 0 Å². The summed E-state index contributed by atoms with van der Waals surface area (Å²) < 4.78 is 0. The van der Waals surface area contributed by atoms with E-state index in [1.165, 1.54) is 0 Å². The largest absolute Gasteiger partial charge is 0.480 e. The van der Waals surface area contributed by atoms with E-state index in [4.69, 9.17) is 5.11 Å². The third-order valence-corrected chi connectivity index (χ3v) is 3.06. The molecule has 0 aromatic carbocycles. The molecule has 5 heteroatoms. The van der Waals surface area contributed by atoms with Gasteiger partial charge in [0.15, 0.2) is 0 Å². The van der Waals surface area contributed by atoms with Gasteiger partial charge in [0, 0.05) is 6.54 Å². The summed E-state index contributed by atoms with van der Waals surface area (Å²) in [6.07, 6.45) is 0.373. The fourth-order valence-corrected chi connectivity index (χ4v) is 1.10. The zero-order chi connectivity index (χ0) is 13.6. The van der Waals surface area contributed by atoms with Crippen LogP contribution in [-0.2, 0) is 4.79 Å². The van der Waals surface area contributed by atoms with Crippen LogP contribution in [0.1, 0.15) is 41.0 Å². The SMILES string of the molecule is CC[C@@H](NC(=O)NCC(C)C(C)(C)C)C(=O)O. The van der Waals surface area contributed by atoms with Gasteiger partial charge < -0.3 is 15.7 Å². The molecule has 0 aliphatic carbocycles. The minimum absolute atomic E-state index is 0.115. The molecule has 0 fully saturated rings. The van der Waals surface area contributed by atoms with Crippen molar-refractivity contribution in [1.82, 2.24) is 10.6 Å². The molecule has 3 N–H and O–H groups in total. The molecule has 0 aliphatic heterocycles. The topological polar surface area (TPSA) is 78.4 Å². The lowest BCUT2D eigenvalue weighted by Gasteiger charge is -2.27. The first-order valence-corrected chi connectivity index (χ1v) is 5.95. The number of carbonyl (C=O) groups excluding carboxylic acids is 1. The first-order chi connectivity index (χ1) is 7.68. The molecule has 0 aromatic heterocycles. The van der Waals surface area contributed by atoms with Gasteiger partial charge in [-0.2, -0.15) is 0 Å². The Labute approximate surface area is 103 Å². The Balaban J connectivity index is 4.07. The summed E-state index contributed by atoms with van der Waals surface area (Å²) >= 11 is 0. The predicted molar refractivity (Wildman–Crippen MR) is 66.9 cm³/mol. The highest BCUT2D eigenvalue weighted by Crippen LogP contribution is 2.24. The summed E-state index contributed by atoms with van der Waals surface area (Å²) in [5.41, 5.74) is 0.115. The molecule has 17 heavy (non-hydrogen) atoms. The van der Waals surface area contributed by atoms with Gasteiger partial charge in [-0.15, -0.1) is 0 Å². The van der Waals surface area contributed by atoms with Crippen LogP contribution in [0.4, 0.5) is 4.79 Å². The standard InChI is InChI=1S/C12H24N2O3/c1-6-9(10(15)16)14-11(17)13-7-8(2)12(3,4)5/h8-9H,6-7H2,1-5H3,(H,15,16)(H2,13,14,17)/t8?,9-/m1/s1. The average molecular weight is 244 g/mol. The van der Waals surface area contributed by atoms with E-state index < -0.39 is 18.0 Å². The normalized spacial score (nSPS) is 14.9. The summed E-state index contributed by atoms with van der Waals surface area (Å²) in [4.78, 5) is 22.2. The van der Waals surface area contributed by atoms with Crippen molar-refractivity contribution in [3.05, 3.63) is 0 Å². The molecule has 5 nitrogen and oxygen atoms in total. The fraction of sp³-hybridized carbons (Fsp3) is 0.833. The molecule has 0 radical (unpaired) electrons. The Morgan fingerprint density at radius 1 is 1.29 bits per heavy atom. The number of amides is 2. The molecule has 0 aliphatic rings. The Hall–Kier alpha value is -1.26. The van der Waals surface area contributed by atoms with E-state index in [1.54, 1.807) is 6.92 Å². The lowest BCUT2D eigenvalue weighted by molar-refractivity contribution is -0.139. The number of carbonyl (C=O) groups is 2. The van der Waals surface area contributed by atoms with E-state index in [9.17, 15) is 9.59 Å². The van der Waals surface area contributed by atoms with Crippen LogP contribution < -0.4 is 10.6 Å². The van der Waals surface area contributed by atoms with Crippen molar-refractivity contribution < 1.29 is 14.7 Å². The Morgan fingerprint density at radius 3 is 2.18 bits per heavy atom. The van der Waals surface area contributed by atoms with E-state index in [2.05, 4.69) is 38.3 Å². The van der Waals surface area contributed by atoms with Gasteiger partial charge in [-0.1, -0.05) is 34.6 Å². The van der Waals surface area contributed by atoms with E-state index in [1.807, 2.05) is 0 Å².